The maximum Gasteiger partial charge on any atom is 0.313 e. The quantitative estimate of drug-likeness (QED) is 0.293. The van der Waals surface area contributed by atoms with Crippen LogP contribution in [-0.2, 0) is 23.9 Å². The summed E-state index contributed by atoms with van der Waals surface area (Å²) in [6.07, 6.45) is 11.2. The number of anilines is 2. The van der Waals surface area contributed by atoms with Gasteiger partial charge in [-0.3, -0.25) is 14.4 Å². The minimum Gasteiger partial charge on any atom is -0.465 e. The molecule has 9 nitrogen and oxygen atoms in total. The summed E-state index contributed by atoms with van der Waals surface area (Å²) in [6.45, 7) is 8.70. The number of nitrogens with zero attached hydrogens (tertiary/aromatic N) is 3. The summed E-state index contributed by atoms with van der Waals surface area (Å²) in [5, 5.41) is 9.43. The molecule has 4 heterocycles. The smallest absolute Gasteiger partial charge is 0.313 e. The number of unbranched alkanes of at least 4 members (excludes halogenated alkanes) is 1. The van der Waals surface area contributed by atoms with Gasteiger partial charge in [0.1, 0.15) is 17.6 Å². The van der Waals surface area contributed by atoms with Gasteiger partial charge < -0.3 is 29.3 Å². The number of carbonyl (C=O) groups is 3. The first-order valence-corrected chi connectivity index (χ1v) is 15.1. The number of hydrogen-bond acceptors (Lipinski definition) is 7. The van der Waals surface area contributed by atoms with E-state index in [-0.39, 0.29) is 25.0 Å². The maximum absolute atomic E-state index is 14.5. The van der Waals surface area contributed by atoms with Gasteiger partial charge in [0.25, 0.3) is 5.91 Å². The number of rotatable bonds is 8. The average Bonchev–Trinajstić information content (AvgIpc) is 3.29. The topological polar surface area (TPSA) is 99.6 Å². The molecular formula is C32H43N3O6. The van der Waals surface area contributed by atoms with Crippen molar-refractivity contribution in [2.45, 2.75) is 70.1 Å². The fourth-order valence-electron chi connectivity index (χ4n) is 7.10. The average molecular weight is 566 g/mol. The molecule has 4 aliphatic rings. The van der Waals surface area contributed by atoms with Crippen LogP contribution < -0.4 is 9.80 Å². The molecule has 0 aliphatic carbocycles. The molecule has 41 heavy (non-hydrogen) atoms. The Balaban J connectivity index is 1.56. The molecule has 1 N–H and O–H groups in total. The molecule has 0 radical (unpaired) electrons. The Labute approximate surface area is 242 Å². The van der Waals surface area contributed by atoms with Crippen LogP contribution in [0.15, 0.2) is 48.6 Å². The number of likely N-dealkylation sites (tertiary alicyclic amines) is 1. The second-order valence-corrected chi connectivity index (χ2v) is 11.6. The van der Waals surface area contributed by atoms with Crippen molar-refractivity contribution >= 4 is 29.2 Å². The lowest BCUT2D eigenvalue weighted by Crippen LogP contribution is -2.56. The lowest BCUT2D eigenvalue weighted by Gasteiger charge is -2.37. The van der Waals surface area contributed by atoms with E-state index in [0.29, 0.717) is 26.0 Å². The van der Waals surface area contributed by atoms with E-state index < -0.39 is 35.0 Å². The van der Waals surface area contributed by atoms with Crippen LogP contribution in [-0.4, -0.2) is 84.4 Å². The monoisotopic (exact) mass is 565 g/mol. The maximum atomic E-state index is 14.5. The zero-order valence-corrected chi connectivity index (χ0v) is 24.5. The van der Waals surface area contributed by atoms with Crippen molar-refractivity contribution in [2.24, 2.45) is 11.8 Å². The Morgan fingerprint density at radius 3 is 2.44 bits per heavy atom. The number of aliphatic hydroxyl groups excluding tert-OH is 1. The normalized spacial score (nSPS) is 32.2. The van der Waals surface area contributed by atoms with Crippen LogP contribution >= 0.6 is 0 Å². The minimum atomic E-state index is -1.32. The number of benzene rings is 1. The summed E-state index contributed by atoms with van der Waals surface area (Å²) in [4.78, 5) is 47.9. The van der Waals surface area contributed by atoms with Crippen molar-refractivity contribution in [2.75, 3.05) is 49.2 Å². The van der Waals surface area contributed by atoms with Crippen LogP contribution in [0.3, 0.4) is 0 Å². The summed E-state index contributed by atoms with van der Waals surface area (Å²) in [5.74, 6) is -2.75. The standard InChI is InChI=1S/C32H43N3O6/c1-4-33(5-2)23-13-15-24(16-14-23)34-20-12-18-32-25(28(37)35(19-9-10-21-36)27(32)29(34)38)26-30(39)40-22-11-7-6-8-17-31(26,3)41-32/h8,12-18,25-27,36H,4-7,9-11,19-22H2,1-3H3/b17-8-/t25-,26-,27?,31+,32-/m0/s1. The number of fused-ring (bicyclic) bond motifs is 2. The number of esters is 1. The third-order valence-electron chi connectivity index (χ3n) is 9.10. The molecule has 1 unspecified atom stereocenters. The molecule has 9 heteroatoms. The predicted octanol–water partition coefficient (Wildman–Crippen LogP) is 3.46. The van der Waals surface area contributed by atoms with Gasteiger partial charge in [-0.15, -0.1) is 0 Å². The molecule has 222 valence electrons. The van der Waals surface area contributed by atoms with Crippen LogP contribution in [0.4, 0.5) is 11.4 Å². The molecule has 2 fully saturated rings. The minimum absolute atomic E-state index is 0.00551. The van der Waals surface area contributed by atoms with Crippen LogP contribution in [0.25, 0.3) is 0 Å². The summed E-state index contributed by atoms with van der Waals surface area (Å²) < 4.78 is 12.5. The number of amides is 2. The SMILES string of the molecule is CCN(CC)c1ccc(N2CC=C[C@]34O[C@]5(C)/C=C\CCCCOC(=O)[C@@H]5[C@H]3C(=O)N(CCCCO)C4C2=O)cc1. The first kappa shape index (κ1) is 29.3. The predicted molar refractivity (Wildman–Crippen MR) is 156 cm³/mol. The number of cyclic esters (lactones) is 1. The van der Waals surface area contributed by atoms with Crippen LogP contribution in [0.5, 0.6) is 0 Å². The highest BCUT2D eigenvalue weighted by molar-refractivity contribution is 6.05. The van der Waals surface area contributed by atoms with E-state index in [0.717, 1.165) is 43.7 Å². The van der Waals surface area contributed by atoms with Gasteiger partial charge in [-0.1, -0.05) is 24.3 Å². The first-order valence-electron chi connectivity index (χ1n) is 15.1. The van der Waals surface area contributed by atoms with Gasteiger partial charge >= 0.3 is 5.97 Å². The highest BCUT2D eigenvalue weighted by Crippen LogP contribution is 2.57. The fraction of sp³-hybridized carbons (Fsp3) is 0.594. The molecule has 0 saturated carbocycles. The molecule has 5 rings (SSSR count). The Kier molecular flexibility index (Phi) is 8.57. The molecule has 2 amide bonds. The zero-order chi connectivity index (χ0) is 29.2. The molecular weight excluding hydrogens is 522 g/mol. The van der Waals surface area contributed by atoms with E-state index in [9.17, 15) is 19.5 Å². The van der Waals surface area contributed by atoms with E-state index in [1.165, 1.54) is 0 Å². The second kappa shape index (κ2) is 12.0. The van der Waals surface area contributed by atoms with E-state index in [1.54, 1.807) is 9.80 Å². The van der Waals surface area contributed by atoms with Crippen molar-refractivity contribution in [1.29, 1.82) is 0 Å². The van der Waals surface area contributed by atoms with Gasteiger partial charge in [0, 0.05) is 44.2 Å². The van der Waals surface area contributed by atoms with Crippen LogP contribution in [0, 0.1) is 11.8 Å². The van der Waals surface area contributed by atoms with Gasteiger partial charge in [0.2, 0.25) is 5.91 Å². The molecule has 5 atom stereocenters. The van der Waals surface area contributed by atoms with Gasteiger partial charge in [-0.2, -0.15) is 0 Å². The Morgan fingerprint density at radius 1 is 0.976 bits per heavy atom. The van der Waals surface area contributed by atoms with Crippen LogP contribution in [0.2, 0.25) is 0 Å². The molecule has 1 aromatic rings. The van der Waals surface area contributed by atoms with E-state index >= 15 is 0 Å². The summed E-state index contributed by atoms with van der Waals surface area (Å²) in [6, 6.07) is 6.97. The van der Waals surface area contributed by atoms with Crippen molar-refractivity contribution in [3.05, 3.63) is 48.6 Å². The van der Waals surface area contributed by atoms with Crippen molar-refractivity contribution in [3.8, 4) is 0 Å². The van der Waals surface area contributed by atoms with Gasteiger partial charge in [0.05, 0.1) is 18.1 Å². The summed E-state index contributed by atoms with van der Waals surface area (Å²) >= 11 is 0. The number of ether oxygens (including phenoxy) is 2. The van der Waals surface area contributed by atoms with Gasteiger partial charge in [-0.25, -0.2) is 0 Å². The highest BCUT2D eigenvalue weighted by atomic mass is 16.6. The van der Waals surface area contributed by atoms with Gasteiger partial charge in [-0.05, 0) is 77.1 Å². The molecule has 1 spiro atoms. The Bertz CT molecular complexity index is 1190. The van der Waals surface area contributed by atoms with Crippen LogP contribution in [0.1, 0.15) is 52.9 Å². The van der Waals surface area contributed by atoms with Crippen molar-refractivity contribution < 1.29 is 29.0 Å². The largest absolute Gasteiger partial charge is 0.465 e. The van der Waals surface area contributed by atoms with Crippen molar-refractivity contribution in [1.82, 2.24) is 4.90 Å². The third-order valence-corrected chi connectivity index (χ3v) is 9.10. The number of allylic oxidation sites excluding steroid dienone is 1. The molecule has 0 bridgehead atoms. The van der Waals surface area contributed by atoms with Crippen molar-refractivity contribution in [3.63, 3.8) is 0 Å². The Hall–Kier alpha value is -3.17. The van der Waals surface area contributed by atoms with E-state index in [1.807, 2.05) is 55.5 Å². The third kappa shape index (κ3) is 5.07. The first-order chi connectivity index (χ1) is 19.8. The number of aliphatic hydroxyl groups is 1. The molecule has 0 aromatic heterocycles. The molecule has 2 saturated heterocycles. The lowest BCUT2D eigenvalue weighted by atomic mass is 9.74. The van der Waals surface area contributed by atoms with E-state index in [4.69, 9.17) is 9.47 Å². The molecule has 1 aromatic carbocycles. The zero-order valence-electron chi connectivity index (χ0n) is 24.5. The van der Waals surface area contributed by atoms with Gasteiger partial charge in [0.15, 0.2) is 0 Å². The summed E-state index contributed by atoms with van der Waals surface area (Å²) in [7, 11) is 0. The number of hydrogen-bond donors (Lipinski definition) is 1. The lowest BCUT2D eigenvalue weighted by molar-refractivity contribution is -0.158. The Morgan fingerprint density at radius 2 is 1.73 bits per heavy atom. The summed E-state index contributed by atoms with van der Waals surface area (Å²) in [5.41, 5.74) is -0.605. The highest BCUT2D eigenvalue weighted by Gasteiger charge is 2.74. The molecule has 4 aliphatic heterocycles. The fourth-order valence-corrected chi connectivity index (χ4v) is 7.10. The number of carbonyl (C=O) groups excluding carboxylic acids is 3. The van der Waals surface area contributed by atoms with E-state index in [2.05, 4.69) is 18.7 Å². The second-order valence-electron chi connectivity index (χ2n) is 11.6.